The first-order valence-electron chi connectivity index (χ1n) is 8.35. The summed E-state index contributed by atoms with van der Waals surface area (Å²) in [6.07, 6.45) is 2.59. The molecule has 0 N–H and O–H groups in total. The smallest absolute Gasteiger partial charge is 0.228 e. The van der Waals surface area contributed by atoms with Gasteiger partial charge in [0.15, 0.2) is 0 Å². The molecule has 1 aromatic heterocycles. The molecule has 1 aliphatic heterocycles. The van der Waals surface area contributed by atoms with E-state index in [9.17, 15) is 4.79 Å². The standard InChI is InChI=1S/C18H21ClN2O4/c19-6-1-9-24-16-4-2-14(3-5-16)18-20-15(13-25-18)12-17(22)21-7-10-23-11-8-21/h2-5,13H,1,6-12H2. The molecule has 3 rings (SSSR count). The van der Waals surface area contributed by atoms with Crippen molar-refractivity contribution in [1.82, 2.24) is 9.88 Å². The van der Waals surface area contributed by atoms with Crippen molar-refractivity contribution in [3.63, 3.8) is 0 Å². The predicted octanol–water partition coefficient (Wildman–Crippen LogP) is 2.75. The van der Waals surface area contributed by atoms with Gasteiger partial charge in [-0.3, -0.25) is 4.79 Å². The first kappa shape index (κ1) is 17.8. The molecule has 0 saturated carbocycles. The SMILES string of the molecule is O=C(Cc1coc(-c2ccc(OCCCCl)cc2)n1)N1CCOCC1. The van der Waals surface area contributed by atoms with Crippen LogP contribution in [0.25, 0.3) is 11.5 Å². The van der Waals surface area contributed by atoms with Crippen LogP contribution in [0.2, 0.25) is 0 Å². The number of amides is 1. The highest BCUT2D eigenvalue weighted by Crippen LogP contribution is 2.22. The van der Waals surface area contributed by atoms with Gasteiger partial charge in [-0.1, -0.05) is 0 Å². The minimum Gasteiger partial charge on any atom is -0.494 e. The zero-order chi connectivity index (χ0) is 17.5. The van der Waals surface area contributed by atoms with Gasteiger partial charge in [0.1, 0.15) is 12.0 Å². The van der Waals surface area contributed by atoms with E-state index in [1.807, 2.05) is 24.3 Å². The first-order chi connectivity index (χ1) is 12.3. The fourth-order valence-electron chi connectivity index (χ4n) is 2.54. The number of hydrogen-bond donors (Lipinski definition) is 0. The molecule has 1 aromatic carbocycles. The number of carbonyl (C=O) groups is 1. The van der Waals surface area contributed by atoms with Crippen molar-refractivity contribution in [3.8, 4) is 17.2 Å². The Morgan fingerprint density at radius 3 is 2.72 bits per heavy atom. The Kier molecular flexibility index (Phi) is 6.30. The molecule has 2 heterocycles. The van der Waals surface area contributed by atoms with Crippen molar-refractivity contribution in [3.05, 3.63) is 36.2 Å². The van der Waals surface area contributed by atoms with E-state index in [0.29, 0.717) is 50.4 Å². The van der Waals surface area contributed by atoms with E-state index in [1.165, 1.54) is 0 Å². The number of aromatic nitrogens is 1. The Balaban J connectivity index is 1.58. The molecule has 134 valence electrons. The van der Waals surface area contributed by atoms with Gasteiger partial charge in [0.2, 0.25) is 11.8 Å². The average molecular weight is 365 g/mol. The number of rotatable bonds is 7. The second-order valence-corrected chi connectivity index (χ2v) is 6.11. The molecule has 1 amide bonds. The topological polar surface area (TPSA) is 64.8 Å². The molecule has 6 nitrogen and oxygen atoms in total. The van der Waals surface area contributed by atoms with Crippen LogP contribution >= 0.6 is 11.6 Å². The van der Waals surface area contributed by atoms with Crippen LogP contribution in [0.3, 0.4) is 0 Å². The Bertz CT molecular complexity index is 681. The third-order valence-electron chi connectivity index (χ3n) is 3.90. The van der Waals surface area contributed by atoms with Gasteiger partial charge in [-0.15, -0.1) is 11.6 Å². The van der Waals surface area contributed by atoms with E-state index in [1.54, 1.807) is 11.2 Å². The summed E-state index contributed by atoms with van der Waals surface area (Å²) in [5, 5.41) is 0. The molecule has 25 heavy (non-hydrogen) atoms. The number of oxazole rings is 1. The van der Waals surface area contributed by atoms with Gasteiger partial charge in [0.05, 0.1) is 31.9 Å². The van der Waals surface area contributed by atoms with E-state index in [0.717, 1.165) is 17.7 Å². The van der Waals surface area contributed by atoms with Crippen molar-refractivity contribution in [1.29, 1.82) is 0 Å². The number of halogens is 1. The molecule has 7 heteroatoms. The third kappa shape index (κ3) is 4.96. The molecule has 0 atom stereocenters. The highest BCUT2D eigenvalue weighted by atomic mass is 35.5. The van der Waals surface area contributed by atoms with Crippen LogP contribution in [0.5, 0.6) is 5.75 Å². The lowest BCUT2D eigenvalue weighted by molar-refractivity contribution is -0.134. The summed E-state index contributed by atoms with van der Waals surface area (Å²) in [6, 6.07) is 7.50. The van der Waals surface area contributed by atoms with E-state index in [2.05, 4.69) is 4.98 Å². The number of alkyl halides is 1. The van der Waals surface area contributed by atoms with Crippen LogP contribution in [0.4, 0.5) is 0 Å². The molecule has 1 saturated heterocycles. The van der Waals surface area contributed by atoms with Gasteiger partial charge in [-0.2, -0.15) is 0 Å². The number of carbonyl (C=O) groups excluding carboxylic acids is 1. The maximum Gasteiger partial charge on any atom is 0.228 e. The summed E-state index contributed by atoms with van der Waals surface area (Å²) in [4.78, 5) is 18.5. The van der Waals surface area contributed by atoms with Crippen molar-refractivity contribution >= 4 is 17.5 Å². The van der Waals surface area contributed by atoms with Crippen LogP contribution in [0.1, 0.15) is 12.1 Å². The summed E-state index contributed by atoms with van der Waals surface area (Å²) in [7, 11) is 0. The molecular formula is C18H21ClN2O4. The summed E-state index contributed by atoms with van der Waals surface area (Å²) in [5.41, 5.74) is 1.48. The normalized spacial score (nSPS) is 14.5. The third-order valence-corrected chi connectivity index (χ3v) is 4.16. The zero-order valence-corrected chi connectivity index (χ0v) is 14.7. The molecule has 0 aliphatic carbocycles. The largest absolute Gasteiger partial charge is 0.494 e. The van der Waals surface area contributed by atoms with Crippen molar-refractivity contribution in [2.24, 2.45) is 0 Å². The molecule has 0 unspecified atom stereocenters. The van der Waals surface area contributed by atoms with Crippen LogP contribution in [-0.4, -0.2) is 54.6 Å². The number of nitrogens with zero attached hydrogens (tertiary/aromatic N) is 2. The minimum absolute atomic E-state index is 0.0474. The van der Waals surface area contributed by atoms with E-state index in [-0.39, 0.29) is 12.3 Å². The lowest BCUT2D eigenvalue weighted by atomic mass is 10.2. The monoisotopic (exact) mass is 364 g/mol. The number of morpholine rings is 1. The quantitative estimate of drug-likeness (QED) is 0.558. The Morgan fingerprint density at radius 1 is 1.24 bits per heavy atom. The number of benzene rings is 1. The van der Waals surface area contributed by atoms with Gasteiger partial charge in [0, 0.05) is 24.5 Å². The minimum atomic E-state index is 0.0474. The summed E-state index contributed by atoms with van der Waals surface area (Å²) >= 11 is 5.63. The number of ether oxygens (including phenoxy) is 2. The van der Waals surface area contributed by atoms with Gasteiger partial charge >= 0.3 is 0 Å². The Hall–Kier alpha value is -2.05. The van der Waals surface area contributed by atoms with Crippen LogP contribution in [0.15, 0.2) is 34.9 Å². The molecule has 0 bridgehead atoms. The highest BCUT2D eigenvalue weighted by molar-refractivity contribution is 6.17. The maximum atomic E-state index is 12.2. The van der Waals surface area contributed by atoms with Crippen molar-refractivity contribution in [2.45, 2.75) is 12.8 Å². The Labute approximate surface area is 151 Å². The van der Waals surface area contributed by atoms with Gasteiger partial charge in [-0.25, -0.2) is 4.98 Å². The first-order valence-corrected chi connectivity index (χ1v) is 8.89. The van der Waals surface area contributed by atoms with E-state index < -0.39 is 0 Å². The lowest BCUT2D eigenvalue weighted by Gasteiger charge is -2.26. The molecular weight excluding hydrogens is 344 g/mol. The second kappa shape index (κ2) is 8.87. The summed E-state index contributed by atoms with van der Waals surface area (Å²) in [6.45, 7) is 3.04. The zero-order valence-electron chi connectivity index (χ0n) is 13.9. The fourth-order valence-corrected chi connectivity index (χ4v) is 2.65. The molecule has 1 fully saturated rings. The van der Waals surface area contributed by atoms with Crippen LogP contribution < -0.4 is 4.74 Å². The average Bonchev–Trinajstić information content (AvgIpc) is 3.12. The fraction of sp³-hybridized carbons (Fsp3) is 0.444. The second-order valence-electron chi connectivity index (χ2n) is 5.73. The molecule has 0 radical (unpaired) electrons. The maximum absolute atomic E-state index is 12.2. The molecule has 2 aromatic rings. The van der Waals surface area contributed by atoms with Crippen molar-refractivity contribution < 1.29 is 18.7 Å². The van der Waals surface area contributed by atoms with Crippen molar-refractivity contribution in [2.75, 3.05) is 38.8 Å². The highest BCUT2D eigenvalue weighted by Gasteiger charge is 2.18. The Morgan fingerprint density at radius 2 is 2.00 bits per heavy atom. The molecule has 1 aliphatic rings. The van der Waals surface area contributed by atoms with E-state index in [4.69, 9.17) is 25.5 Å². The summed E-state index contributed by atoms with van der Waals surface area (Å²) < 4.78 is 16.3. The van der Waals surface area contributed by atoms with Crippen LogP contribution in [0, 0.1) is 0 Å². The van der Waals surface area contributed by atoms with Gasteiger partial charge in [-0.05, 0) is 30.7 Å². The number of hydrogen-bond acceptors (Lipinski definition) is 5. The molecule has 0 spiro atoms. The lowest BCUT2D eigenvalue weighted by Crippen LogP contribution is -2.41. The van der Waals surface area contributed by atoms with Gasteiger partial charge in [0.25, 0.3) is 0 Å². The predicted molar refractivity (Wildman–Crippen MR) is 93.9 cm³/mol. The summed E-state index contributed by atoms with van der Waals surface area (Å²) in [5.74, 6) is 1.91. The van der Waals surface area contributed by atoms with Crippen LogP contribution in [-0.2, 0) is 16.0 Å². The van der Waals surface area contributed by atoms with E-state index >= 15 is 0 Å². The van der Waals surface area contributed by atoms with Gasteiger partial charge < -0.3 is 18.8 Å².